The zero-order valence-corrected chi connectivity index (χ0v) is 12.7. The van der Waals surface area contributed by atoms with Crippen molar-refractivity contribution < 1.29 is 13.2 Å². The average molecular weight is 304 g/mol. The zero-order valence-electron chi connectivity index (χ0n) is 12.7. The summed E-state index contributed by atoms with van der Waals surface area (Å²) in [6.45, 7) is 6.36. The molecule has 0 saturated heterocycles. The number of nitrogens with zero attached hydrogens (tertiary/aromatic N) is 3. The van der Waals surface area contributed by atoms with Crippen molar-refractivity contribution in [2.24, 2.45) is 11.7 Å². The van der Waals surface area contributed by atoms with Crippen LogP contribution in [0.4, 0.5) is 13.2 Å². The summed E-state index contributed by atoms with van der Waals surface area (Å²) < 4.78 is 40.2. The molecule has 0 spiro atoms. The summed E-state index contributed by atoms with van der Waals surface area (Å²) in [5.41, 5.74) is 5.47. The Morgan fingerprint density at radius 3 is 2.10 bits per heavy atom. The van der Waals surface area contributed by atoms with E-state index < -0.39 is 12.1 Å². The van der Waals surface area contributed by atoms with Crippen molar-refractivity contribution in [3.63, 3.8) is 0 Å². The summed E-state index contributed by atoms with van der Waals surface area (Å²) in [6, 6.07) is 0. The molecule has 0 bridgehead atoms. The van der Waals surface area contributed by atoms with Gasteiger partial charge < -0.3 is 10.3 Å². The first-order valence-corrected chi connectivity index (χ1v) is 7.36. The number of alkyl halides is 3. The molecule has 1 aliphatic carbocycles. The molecule has 2 rings (SSSR count). The lowest BCUT2D eigenvalue weighted by atomic mass is 9.81. The second-order valence-corrected chi connectivity index (χ2v) is 6.77. The number of hydrogen-bond donors (Lipinski definition) is 1. The Hall–Kier alpha value is -1.11. The van der Waals surface area contributed by atoms with Crippen molar-refractivity contribution >= 4 is 0 Å². The average Bonchev–Trinajstić information content (AvgIpc) is 2.81. The van der Waals surface area contributed by atoms with Gasteiger partial charge in [0.15, 0.2) is 0 Å². The minimum Gasteiger partial charge on any atom is -0.324 e. The molecule has 2 N–H and O–H groups in total. The Kier molecular flexibility index (Phi) is 4.33. The van der Waals surface area contributed by atoms with Gasteiger partial charge in [-0.2, -0.15) is 13.2 Å². The van der Waals surface area contributed by atoms with Gasteiger partial charge in [-0.3, -0.25) is 0 Å². The molecule has 1 aromatic heterocycles. The van der Waals surface area contributed by atoms with Crippen LogP contribution in [0.15, 0.2) is 0 Å². The maximum atomic E-state index is 12.7. The minimum absolute atomic E-state index is 0.0376. The lowest BCUT2D eigenvalue weighted by Crippen LogP contribution is -2.31. The molecule has 1 heterocycles. The van der Waals surface area contributed by atoms with Gasteiger partial charge in [-0.1, -0.05) is 0 Å². The van der Waals surface area contributed by atoms with Crippen LogP contribution in [0.2, 0.25) is 0 Å². The van der Waals surface area contributed by atoms with Crippen LogP contribution in [0.5, 0.6) is 0 Å². The lowest BCUT2D eigenvalue weighted by molar-refractivity contribution is -0.182. The van der Waals surface area contributed by atoms with Crippen LogP contribution < -0.4 is 5.73 Å². The first kappa shape index (κ1) is 16.3. The molecule has 0 aliphatic heterocycles. The Bertz CT molecular complexity index is 479. The number of nitrogens with two attached hydrogens (primary N) is 1. The molecule has 120 valence electrons. The van der Waals surface area contributed by atoms with Gasteiger partial charge >= 0.3 is 6.18 Å². The van der Waals surface area contributed by atoms with Gasteiger partial charge in [-0.05, 0) is 46.5 Å². The van der Waals surface area contributed by atoms with E-state index in [4.69, 9.17) is 5.73 Å². The third-order valence-corrected chi connectivity index (χ3v) is 4.16. The molecular formula is C14H23F3N4. The maximum Gasteiger partial charge on any atom is 0.391 e. The van der Waals surface area contributed by atoms with Crippen molar-refractivity contribution in [2.75, 3.05) is 0 Å². The van der Waals surface area contributed by atoms with Crippen LogP contribution in [0.25, 0.3) is 0 Å². The van der Waals surface area contributed by atoms with E-state index in [0.29, 0.717) is 18.7 Å². The van der Waals surface area contributed by atoms with Gasteiger partial charge in [0.2, 0.25) is 0 Å². The molecule has 0 unspecified atom stereocenters. The Labute approximate surface area is 122 Å². The van der Waals surface area contributed by atoms with Crippen LogP contribution in [0, 0.1) is 5.92 Å². The second kappa shape index (κ2) is 5.59. The molecule has 7 heteroatoms. The summed E-state index contributed by atoms with van der Waals surface area (Å²) in [5, 5.41) is 8.33. The molecular weight excluding hydrogens is 281 g/mol. The van der Waals surface area contributed by atoms with E-state index >= 15 is 0 Å². The number of rotatable bonds is 2. The van der Waals surface area contributed by atoms with Gasteiger partial charge in [0.25, 0.3) is 0 Å². The second-order valence-electron chi connectivity index (χ2n) is 6.77. The minimum atomic E-state index is -4.08. The van der Waals surface area contributed by atoms with E-state index in [9.17, 15) is 13.2 Å². The van der Waals surface area contributed by atoms with Crippen LogP contribution in [0.1, 0.15) is 64.0 Å². The largest absolute Gasteiger partial charge is 0.391 e. The van der Waals surface area contributed by atoms with Crippen molar-refractivity contribution in [3.05, 3.63) is 11.6 Å². The highest BCUT2D eigenvalue weighted by Gasteiger charge is 2.42. The first-order valence-electron chi connectivity index (χ1n) is 7.36. The normalized spacial score (nSPS) is 24.3. The van der Waals surface area contributed by atoms with Crippen LogP contribution in [0.3, 0.4) is 0 Å². The summed E-state index contributed by atoms with van der Waals surface area (Å²) in [5.74, 6) is 0.336. The van der Waals surface area contributed by atoms with E-state index in [1.807, 2.05) is 25.3 Å². The molecule has 1 aliphatic rings. The fourth-order valence-corrected chi connectivity index (χ4v) is 3.14. The van der Waals surface area contributed by atoms with Crippen LogP contribution in [-0.4, -0.2) is 20.9 Å². The Balaban J connectivity index is 2.20. The van der Waals surface area contributed by atoms with E-state index in [0.717, 1.165) is 5.82 Å². The van der Waals surface area contributed by atoms with Crippen LogP contribution >= 0.6 is 0 Å². The SMILES string of the molecule is CC(C)(C)n1c(CN)nnc1C1CCC(C(F)(F)F)CC1. The van der Waals surface area contributed by atoms with Gasteiger partial charge in [0.05, 0.1) is 12.5 Å². The van der Waals surface area contributed by atoms with Gasteiger partial charge in [-0.25, -0.2) is 0 Å². The summed E-state index contributed by atoms with van der Waals surface area (Å²) in [7, 11) is 0. The quantitative estimate of drug-likeness (QED) is 0.912. The number of halogens is 3. The summed E-state index contributed by atoms with van der Waals surface area (Å²) in [4.78, 5) is 0. The summed E-state index contributed by atoms with van der Waals surface area (Å²) in [6.07, 6.45) is -2.73. The molecule has 0 aromatic carbocycles. The monoisotopic (exact) mass is 304 g/mol. The van der Waals surface area contributed by atoms with Gasteiger partial charge in [-0.15, -0.1) is 10.2 Å². The Morgan fingerprint density at radius 1 is 1.10 bits per heavy atom. The molecule has 1 saturated carbocycles. The topological polar surface area (TPSA) is 56.7 Å². The standard InChI is InChI=1S/C14H23F3N4/c1-13(2,3)21-11(8-18)19-20-12(21)9-4-6-10(7-5-9)14(15,16)17/h9-10H,4-8,18H2,1-3H3. The first-order chi connectivity index (χ1) is 9.64. The number of hydrogen-bond acceptors (Lipinski definition) is 3. The highest BCUT2D eigenvalue weighted by molar-refractivity contribution is 5.07. The van der Waals surface area contributed by atoms with Crippen LogP contribution in [-0.2, 0) is 12.1 Å². The molecule has 0 radical (unpaired) electrons. The molecule has 21 heavy (non-hydrogen) atoms. The zero-order chi connectivity index (χ0) is 15.8. The fourth-order valence-electron chi connectivity index (χ4n) is 3.14. The maximum absolute atomic E-state index is 12.7. The Morgan fingerprint density at radius 2 is 1.67 bits per heavy atom. The predicted molar refractivity (Wildman–Crippen MR) is 73.7 cm³/mol. The lowest BCUT2D eigenvalue weighted by Gasteiger charge is -2.32. The third-order valence-electron chi connectivity index (χ3n) is 4.16. The highest BCUT2D eigenvalue weighted by atomic mass is 19.4. The van der Waals surface area contributed by atoms with E-state index in [1.54, 1.807) is 0 Å². The molecule has 0 atom stereocenters. The van der Waals surface area contributed by atoms with Crippen molar-refractivity contribution in [2.45, 2.75) is 70.6 Å². The number of aromatic nitrogens is 3. The van der Waals surface area contributed by atoms with E-state index in [1.165, 1.54) is 0 Å². The molecule has 1 fully saturated rings. The van der Waals surface area contributed by atoms with Gasteiger partial charge in [0.1, 0.15) is 11.6 Å². The predicted octanol–water partition coefficient (Wildman–Crippen LogP) is 3.33. The van der Waals surface area contributed by atoms with E-state index in [2.05, 4.69) is 10.2 Å². The fraction of sp³-hybridized carbons (Fsp3) is 0.857. The highest BCUT2D eigenvalue weighted by Crippen LogP contribution is 2.43. The van der Waals surface area contributed by atoms with E-state index in [-0.39, 0.29) is 30.8 Å². The van der Waals surface area contributed by atoms with Gasteiger partial charge in [0, 0.05) is 11.5 Å². The summed E-state index contributed by atoms with van der Waals surface area (Å²) >= 11 is 0. The third kappa shape index (κ3) is 3.39. The molecule has 1 aromatic rings. The molecule has 0 amide bonds. The smallest absolute Gasteiger partial charge is 0.324 e. The van der Waals surface area contributed by atoms with Crippen molar-refractivity contribution in [1.29, 1.82) is 0 Å². The van der Waals surface area contributed by atoms with Crippen molar-refractivity contribution in [1.82, 2.24) is 14.8 Å². The van der Waals surface area contributed by atoms with Crippen molar-refractivity contribution in [3.8, 4) is 0 Å². The molecule has 4 nitrogen and oxygen atoms in total.